The lowest BCUT2D eigenvalue weighted by molar-refractivity contribution is -0.00520. The zero-order chi connectivity index (χ0) is 12.4. The van der Waals surface area contributed by atoms with E-state index in [0.29, 0.717) is 5.88 Å². The van der Waals surface area contributed by atoms with Crippen molar-refractivity contribution in [1.82, 2.24) is 0 Å². The first-order valence-electron chi connectivity index (χ1n) is 5.85. The highest BCUT2D eigenvalue weighted by Crippen LogP contribution is 2.29. The molecule has 4 heteroatoms. The molecule has 0 aromatic heterocycles. The van der Waals surface area contributed by atoms with Crippen LogP contribution in [0.4, 0.5) is 5.69 Å². The van der Waals surface area contributed by atoms with Crippen LogP contribution in [0.3, 0.4) is 0 Å². The molecule has 17 heavy (non-hydrogen) atoms. The SMILES string of the molecule is C[C@@H]1CN(c2ccc(CCl)cc2Cl)C[C@H](C)O1. The Bertz CT molecular complexity index is 387. The van der Waals surface area contributed by atoms with Gasteiger partial charge in [0.2, 0.25) is 0 Å². The van der Waals surface area contributed by atoms with Crippen LogP contribution in [0.5, 0.6) is 0 Å². The Hall–Kier alpha value is -0.440. The van der Waals surface area contributed by atoms with E-state index in [1.54, 1.807) is 0 Å². The number of nitrogens with zero attached hydrogens (tertiary/aromatic N) is 1. The van der Waals surface area contributed by atoms with Gasteiger partial charge in [-0.3, -0.25) is 0 Å². The van der Waals surface area contributed by atoms with Crippen molar-refractivity contribution in [2.45, 2.75) is 31.9 Å². The lowest BCUT2D eigenvalue weighted by atomic mass is 10.1. The van der Waals surface area contributed by atoms with E-state index in [4.69, 9.17) is 27.9 Å². The first-order chi connectivity index (χ1) is 8.10. The van der Waals surface area contributed by atoms with E-state index in [1.165, 1.54) is 0 Å². The lowest BCUT2D eigenvalue weighted by Crippen LogP contribution is -2.45. The van der Waals surface area contributed by atoms with Crippen LogP contribution in [-0.4, -0.2) is 25.3 Å². The fourth-order valence-electron chi connectivity index (χ4n) is 2.26. The van der Waals surface area contributed by atoms with Crippen LogP contribution in [-0.2, 0) is 10.6 Å². The molecule has 1 aromatic rings. The molecule has 2 atom stereocenters. The number of hydrogen-bond donors (Lipinski definition) is 0. The summed E-state index contributed by atoms with van der Waals surface area (Å²) in [5.41, 5.74) is 2.12. The average Bonchev–Trinajstić information content (AvgIpc) is 2.27. The Balaban J connectivity index is 2.21. The number of morpholine rings is 1. The van der Waals surface area contributed by atoms with Crippen LogP contribution < -0.4 is 4.90 Å². The fraction of sp³-hybridized carbons (Fsp3) is 0.538. The molecule has 1 aliphatic rings. The zero-order valence-electron chi connectivity index (χ0n) is 10.1. The predicted octanol–water partition coefficient (Wildman–Crippen LogP) is 3.69. The van der Waals surface area contributed by atoms with Crippen LogP contribution in [0.25, 0.3) is 0 Å². The summed E-state index contributed by atoms with van der Waals surface area (Å²) in [7, 11) is 0. The molecule has 0 saturated carbocycles. The molecule has 0 radical (unpaired) electrons. The topological polar surface area (TPSA) is 12.5 Å². The van der Waals surface area contributed by atoms with Crippen molar-refractivity contribution in [3.8, 4) is 0 Å². The maximum absolute atomic E-state index is 6.30. The van der Waals surface area contributed by atoms with Crippen LogP contribution in [0.1, 0.15) is 19.4 Å². The second-order valence-electron chi connectivity index (χ2n) is 4.58. The molecule has 1 aromatic carbocycles. The summed E-state index contributed by atoms with van der Waals surface area (Å²) in [4.78, 5) is 2.28. The molecule has 1 aliphatic heterocycles. The van der Waals surface area contributed by atoms with E-state index in [2.05, 4.69) is 18.7 Å². The molecule has 0 spiro atoms. The van der Waals surface area contributed by atoms with Gasteiger partial charge >= 0.3 is 0 Å². The summed E-state index contributed by atoms with van der Waals surface area (Å²) in [6.45, 7) is 5.93. The van der Waals surface area contributed by atoms with E-state index in [0.717, 1.165) is 29.4 Å². The molecule has 1 heterocycles. The third-order valence-electron chi connectivity index (χ3n) is 2.93. The van der Waals surface area contributed by atoms with Crippen LogP contribution in [0.2, 0.25) is 5.02 Å². The van der Waals surface area contributed by atoms with Crippen LogP contribution in [0, 0.1) is 0 Å². The number of alkyl halides is 1. The summed E-state index contributed by atoms with van der Waals surface area (Å²) in [6, 6.07) is 6.01. The first-order valence-corrected chi connectivity index (χ1v) is 6.76. The molecule has 1 fully saturated rings. The molecule has 94 valence electrons. The Kier molecular flexibility index (Phi) is 4.18. The normalized spacial score (nSPS) is 25.1. The highest BCUT2D eigenvalue weighted by atomic mass is 35.5. The molecular weight excluding hydrogens is 257 g/mol. The van der Waals surface area contributed by atoms with Gasteiger partial charge in [-0.25, -0.2) is 0 Å². The van der Waals surface area contributed by atoms with Gasteiger partial charge in [0, 0.05) is 19.0 Å². The molecular formula is C13H17Cl2NO. The van der Waals surface area contributed by atoms with Gasteiger partial charge in [-0.2, -0.15) is 0 Å². The summed E-state index contributed by atoms with van der Waals surface area (Å²) in [5, 5.41) is 0.768. The minimum Gasteiger partial charge on any atom is -0.372 e. The maximum atomic E-state index is 6.30. The number of halogens is 2. The minimum atomic E-state index is 0.238. The average molecular weight is 274 g/mol. The van der Waals surface area contributed by atoms with Gasteiger partial charge in [0.25, 0.3) is 0 Å². The number of ether oxygens (including phenoxy) is 1. The molecule has 0 amide bonds. The van der Waals surface area contributed by atoms with Crippen molar-refractivity contribution >= 4 is 28.9 Å². The van der Waals surface area contributed by atoms with Gasteiger partial charge in [0.05, 0.1) is 22.9 Å². The Morgan fingerprint density at radius 1 is 1.29 bits per heavy atom. The largest absolute Gasteiger partial charge is 0.372 e. The first kappa shape index (κ1) is 13.0. The van der Waals surface area contributed by atoms with Crippen molar-refractivity contribution in [1.29, 1.82) is 0 Å². The number of hydrogen-bond acceptors (Lipinski definition) is 2. The van der Waals surface area contributed by atoms with Gasteiger partial charge in [0.1, 0.15) is 0 Å². The predicted molar refractivity (Wildman–Crippen MR) is 73.2 cm³/mol. The molecule has 0 aliphatic carbocycles. The second kappa shape index (κ2) is 5.47. The summed E-state index contributed by atoms with van der Waals surface area (Å²) in [6.07, 6.45) is 0.477. The van der Waals surface area contributed by atoms with E-state index < -0.39 is 0 Å². The van der Waals surface area contributed by atoms with E-state index in [9.17, 15) is 0 Å². The standard InChI is InChI=1S/C13H17Cl2NO/c1-9-7-16(8-10(2)17-9)13-4-3-11(6-14)5-12(13)15/h3-5,9-10H,6-8H2,1-2H3/t9-,10+. The molecule has 0 N–H and O–H groups in total. The van der Waals surface area contributed by atoms with Gasteiger partial charge in [0.15, 0.2) is 0 Å². The van der Waals surface area contributed by atoms with Gasteiger partial charge in [-0.15, -0.1) is 11.6 Å². The van der Waals surface area contributed by atoms with Crippen LogP contribution >= 0.6 is 23.2 Å². The van der Waals surface area contributed by atoms with Crippen LogP contribution in [0.15, 0.2) is 18.2 Å². The van der Waals surface area contributed by atoms with E-state index in [1.807, 2.05) is 18.2 Å². The molecule has 0 bridgehead atoms. The number of benzene rings is 1. The molecule has 1 saturated heterocycles. The highest BCUT2D eigenvalue weighted by molar-refractivity contribution is 6.33. The van der Waals surface area contributed by atoms with E-state index >= 15 is 0 Å². The Morgan fingerprint density at radius 3 is 2.47 bits per heavy atom. The van der Waals surface area contributed by atoms with Crippen molar-refractivity contribution in [2.24, 2.45) is 0 Å². The van der Waals surface area contributed by atoms with Crippen molar-refractivity contribution < 1.29 is 4.74 Å². The quantitative estimate of drug-likeness (QED) is 0.762. The summed E-state index contributed by atoms with van der Waals surface area (Å²) in [5.74, 6) is 0.496. The summed E-state index contributed by atoms with van der Waals surface area (Å²) >= 11 is 12.1. The summed E-state index contributed by atoms with van der Waals surface area (Å²) < 4.78 is 5.72. The Labute approximate surface area is 112 Å². The smallest absolute Gasteiger partial charge is 0.0726 e. The third-order valence-corrected chi connectivity index (χ3v) is 3.54. The van der Waals surface area contributed by atoms with E-state index in [-0.39, 0.29) is 12.2 Å². The highest BCUT2D eigenvalue weighted by Gasteiger charge is 2.23. The van der Waals surface area contributed by atoms with Crippen molar-refractivity contribution in [3.05, 3.63) is 28.8 Å². The molecule has 2 nitrogen and oxygen atoms in total. The molecule has 2 rings (SSSR count). The number of anilines is 1. The zero-order valence-corrected chi connectivity index (χ0v) is 11.6. The van der Waals surface area contributed by atoms with Crippen molar-refractivity contribution in [3.63, 3.8) is 0 Å². The van der Waals surface area contributed by atoms with Gasteiger partial charge < -0.3 is 9.64 Å². The maximum Gasteiger partial charge on any atom is 0.0726 e. The van der Waals surface area contributed by atoms with Gasteiger partial charge in [-0.1, -0.05) is 17.7 Å². The fourth-order valence-corrected chi connectivity index (χ4v) is 2.75. The van der Waals surface area contributed by atoms with Gasteiger partial charge in [-0.05, 0) is 31.5 Å². The van der Waals surface area contributed by atoms with Crippen molar-refractivity contribution in [2.75, 3.05) is 18.0 Å². The monoisotopic (exact) mass is 273 g/mol. The molecule has 0 unspecified atom stereocenters. The minimum absolute atomic E-state index is 0.238. The Morgan fingerprint density at radius 2 is 1.94 bits per heavy atom. The second-order valence-corrected chi connectivity index (χ2v) is 5.26. The lowest BCUT2D eigenvalue weighted by Gasteiger charge is -2.37. The number of rotatable bonds is 2. The third kappa shape index (κ3) is 3.06.